The van der Waals surface area contributed by atoms with Crippen LogP contribution in [0.4, 0.5) is 5.13 Å². The van der Waals surface area contributed by atoms with Crippen molar-refractivity contribution in [2.24, 2.45) is 5.92 Å². The molecular weight excluding hydrogens is 232 g/mol. The molecule has 0 aliphatic heterocycles. The van der Waals surface area contributed by atoms with E-state index in [2.05, 4.69) is 37.1 Å². The molecule has 0 fully saturated rings. The third kappa shape index (κ3) is 3.09. The summed E-state index contributed by atoms with van der Waals surface area (Å²) in [5.41, 5.74) is 1.03. The summed E-state index contributed by atoms with van der Waals surface area (Å²) in [6.45, 7) is 8.02. The van der Waals surface area contributed by atoms with Crippen LogP contribution in [0, 0.1) is 5.92 Å². The van der Waals surface area contributed by atoms with Crippen molar-refractivity contribution in [2.75, 3.05) is 18.5 Å². The summed E-state index contributed by atoms with van der Waals surface area (Å²) in [7, 11) is 0. The summed E-state index contributed by atoms with van der Waals surface area (Å²) < 4.78 is 6.87. The number of benzene rings is 1. The van der Waals surface area contributed by atoms with Gasteiger partial charge in [0.05, 0.1) is 16.8 Å². The van der Waals surface area contributed by atoms with E-state index in [9.17, 15) is 0 Å². The molecule has 92 valence electrons. The van der Waals surface area contributed by atoms with E-state index in [0.29, 0.717) is 5.92 Å². The zero-order valence-corrected chi connectivity index (χ0v) is 11.3. The summed E-state index contributed by atoms with van der Waals surface area (Å²) in [5.74, 6) is 1.47. The van der Waals surface area contributed by atoms with E-state index in [4.69, 9.17) is 4.74 Å². The van der Waals surface area contributed by atoms with Crippen molar-refractivity contribution in [3.8, 4) is 5.75 Å². The smallest absolute Gasteiger partial charge is 0.183 e. The average Bonchev–Trinajstić information content (AvgIpc) is 2.68. The summed E-state index contributed by atoms with van der Waals surface area (Å²) in [6.07, 6.45) is 0. The number of fused-ring (bicyclic) bond motifs is 1. The van der Waals surface area contributed by atoms with Gasteiger partial charge in [-0.15, -0.1) is 0 Å². The second-order valence-electron chi connectivity index (χ2n) is 4.38. The molecule has 0 saturated carbocycles. The zero-order chi connectivity index (χ0) is 12.3. The molecule has 0 radical (unpaired) electrons. The van der Waals surface area contributed by atoms with Crippen LogP contribution in [0.5, 0.6) is 5.75 Å². The Labute approximate surface area is 106 Å². The molecule has 1 N–H and O–H groups in total. The highest BCUT2D eigenvalue weighted by atomic mass is 32.1. The van der Waals surface area contributed by atoms with Gasteiger partial charge < -0.3 is 10.1 Å². The van der Waals surface area contributed by atoms with E-state index in [1.807, 2.05) is 12.1 Å². The van der Waals surface area contributed by atoms with Crippen molar-refractivity contribution in [3.05, 3.63) is 18.2 Å². The van der Waals surface area contributed by atoms with Gasteiger partial charge in [0.25, 0.3) is 0 Å². The lowest BCUT2D eigenvalue weighted by Crippen LogP contribution is -2.04. The molecular formula is C13H18N2OS. The average molecular weight is 250 g/mol. The number of nitrogens with one attached hydrogen (secondary N) is 1. The highest BCUT2D eigenvalue weighted by molar-refractivity contribution is 7.22. The Bertz CT molecular complexity index is 493. The molecule has 4 heteroatoms. The molecule has 3 nitrogen and oxygen atoms in total. The minimum absolute atomic E-state index is 0.546. The van der Waals surface area contributed by atoms with E-state index in [1.165, 1.54) is 4.70 Å². The Morgan fingerprint density at radius 1 is 1.41 bits per heavy atom. The van der Waals surface area contributed by atoms with Crippen LogP contribution in [-0.4, -0.2) is 18.1 Å². The summed E-state index contributed by atoms with van der Waals surface area (Å²) in [4.78, 5) is 4.49. The van der Waals surface area contributed by atoms with Gasteiger partial charge in [0.1, 0.15) is 5.75 Å². The first kappa shape index (κ1) is 12.2. The molecule has 0 spiro atoms. The first-order chi connectivity index (χ1) is 8.19. The number of ether oxygens (including phenoxy) is 1. The maximum Gasteiger partial charge on any atom is 0.183 e. The minimum Gasteiger partial charge on any atom is -0.493 e. The molecule has 2 aromatic rings. The van der Waals surface area contributed by atoms with Crippen molar-refractivity contribution < 1.29 is 4.74 Å². The number of nitrogens with zero attached hydrogens (tertiary/aromatic N) is 1. The van der Waals surface area contributed by atoms with Crippen LogP contribution in [-0.2, 0) is 0 Å². The van der Waals surface area contributed by atoms with Gasteiger partial charge in [-0.1, -0.05) is 25.2 Å². The summed E-state index contributed by atoms with van der Waals surface area (Å²) in [6, 6.07) is 6.07. The van der Waals surface area contributed by atoms with Crippen molar-refractivity contribution in [1.29, 1.82) is 0 Å². The van der Waals surface area contributed by atoms with Gasteiger partial charge in [-0.2, -0.15) is 0 Å². The maximum atomic E-state index is 5.70. The second-order valence-corrected chi connectivity index (χ2v) is 5.41. The SMILES string of the molecule is CCNc1nc2ccc(OCC(C)C)cc2s1. The van der Waals surface area contributed by atoms with Gasteiger partial charge in [-0.3, -0.25) is 0 Å². The van der Waals surface area contributed by atoms with Crippen molar-refractivity contribution in [2.45, 2.75) is 20.8 Å². The van der Waals surface area contributed by atoms with Gasteiger partial charge in [0.2, 0.25) is 0 Å². The zero-order valence-electron chi connectivity index (χ0n) is 10.5. The molecule has 0 amide bonds. The Kier molecular flexibility index (Phi) is 3.84. The molecule has 0 bridgehead atoms. The molecule has 0 aliphatic rings. The molecule has 1 aromatic carbocycles. The molecule has 0 unspecified atom stereocenters. The molecule has 1 heterocycles. The quantitative estimate of drug-likeness (QED) is 0.877. The van der Waals surface area contributed by atoms with Crippen LogP contribution in [0.15, 0.2) is 18.2 Å². The highest BCUT2D eigenvalue weighted by Crippen LogP contribution is 2.29. The van der Waals surface area contributed by atoms with Crippen LogP contribution in [0.25, 0.3) is 10.2 Å². The van der Waals surface area contributed by atoms with Crippen molar-refractivity contribution in [3.63, 3.8) is 0 Å². The number of aromatic nitrogens is 1. The molecule has 0 aliphatic carbocycles. The minimum atomic E-state index is 0.546. The molecule has 17 heavy (non-hydrogen) atoms. The monoisotopic (exact) mass is 250 g/mol. The Hall–Kier alpha value is -1.29. The van der Waals surface area contributed by atoms with E-state index in [0.717, 1.165) is 29.5 Å². The predicted molar refractivity (Wildman–Crippen MR) is 74.1 cm³/mol. The van der Waals surface area contributed by atoms with E-state index < -0.39 is 0 Å². The first-order valence-electron chi connectivity index (χ1n) is 5.96. The Balaban J connectivity index is 2.18. The molecule has 0 atom stereocenters. The maximum absolute atomic E-state index is 5.70. The lowest BCUT2D eigenvalue weighted by molar-refractivity contribution is 0.271. The van der Waals surface area contributed by atoms with Gasteiger partial charge in [-0.05, 0) is 31.0 Å². The lowest BCUT2D eigenvalue weighted by atomic mass is 10.2. The topological polar surface area (TPSA) is 34.2 Å². The third-order valence-electron chi connectivity index (χ3n) is 2.27. The normalized spacial score (nSPS) is 11.1. The largest absolute Gasteiger partial charge is 0.493 e. The van der Waals surface area contributed by atoms with E-state index >= 15 is 0 Å². The Morgan fingerprint density at radius 3 is 2.94 bits per heavy atom. The van der Waals surface area contributed by atoms with Crippen LogP contribution in [0.3, 0.4) is 0 Å². The number of hydrogen-bond acceptors (Lipinski definition) is 4. The first-order valence-corrected chi connectivity index (χ1v) is 6.78. The lowest BCUT2D eigenvalue weighted by Gasteiger charge is -2.07. The number of anilines is 1. The van der Waals surface area contributed by atoms with Crippen LogP contribution < -0.4 is 10.1 Å². The fourth-order valence-electron chi connectivity index (χ4n) is 1.48. The van der Waals surface area contributed by atoms with Crippen molar-refractivity contribution in [1.82, 2.24) is 4.98 Å². The van der Waals surface area contributed by atoms with E-state index in [-0.39, 0.29) is 0 Å². The van der Waals surface area contributed by atoms with Crippen LogP contribution in [0.1, 0.15) is 20.8 Å². The fourth-order valence-corrected chi connectivity index (χ4v) is 2.45. The fraction of sp³-hybridized carbons (Fsp3) is 0.462. The van der Waals surface area contributed by atoms with Crippen LogP contribution in [0.2, 0.25) is 0 Å². The van der Waals surface area contributed by atoms with Crippen molar-refractivity contribution >= 4 is 26.7 Å². The van der Waals surface area contributed by atoms with Gasteiger partial charge in [0, 0.05) is 6.54 Å². The number of hydrogen-bond donors (Lipinski definition) is 1. The summed E-state index contributed by atoms with van der Waals surface area (Å²) >= 11 is 1.67. The predicted octanol–water partition coefficient (Wildman–Crippen LogP) is 3.76. The molecule has 2 rings (SSSR count). The van der Waals surface area contributed by atoms with E-state index in [1.54, 1.807) is 11.3 Å². The van der Waals surface area contributed by atoms with Crippen LogP contribution >= 0.6 is 11.3 Å². The second kappa shape index (κ2) is 5.36. The van der Waals surface area contributed by atoms with Gasteiger partial charge in [0.15, 0.2) is 5.13 Å². The number of rotatable bonds is 5. The van der Waals surface area contributed by atoms with Gasteiger partial charge in [-0.25, -0.2) is 4.98 Å². The third-order valence-corrected chi connectivity index (χ3v) is 3.25. The Morgan fingerprint density at radius 2 is 2.24 bits per heavy atom. The van der Waals surface area contributed by atoms with Gasteiger partial charge >= 0.3 is 0 Å². The molecule has 0 saturated heterocycles. The highest BCUT2D eigenvalue weighted by Gasteiger charge is 2.04. The number of thiazole rings is 1. The standard InChI is InChI=1S/C13H18N2OS/c1-4-14-13-15-11-6-5-10(7-12(11)17-13)16-8-9(2)3/h5-7,9H,4,8H2,1-3H3,(H,14,15). The molecule has 1 aromatic heterocycles. The summed E-state index contributed by atoms with van der Waals surface area (Å²) in [5, 5.41) is 4.21.